The van der Waals surface area contributed by atoms with Crippen molar-refractivity contribution in [2.24, 2.45) is 10.1 Å². The lowest BCUT2D eigenvalue weighted by Gasteiger charge is -2.36. The molecule has 0 aliphatic carbocycles. The number of likely N-dealkylation sites (tertiary alicyclic amines) is 1. The molecule has 1 amide bonds. The van der Waals surface area contributed by atoms with Gasteiger partial charge in [0.2, 0.25) is 0 Å². The van der Waals surface area contributed by atoms with E-state index >= 15 is 0 Å². The maximum atomic E-state index is 13.5. The minimum absolute atomic E-state index is 0.000757. The molecule has 33 heavy (non-hydrogen) atoms. The summed E-state index contributed by atoms with van der Waals surface area (Å²) in [6.45, 7) is 0.942. The number of amidine groups is 1. The second kappa shape index (κ2) is 8.54. The summed E-state index contributed by atoms with van der Waals surface area (Å²) in [5.41, 5.74) is 8.35. The Morgan fingerprint density at radius 2 is 2.03 bits per heavy atom. The quantitative estimate of drug-likeness (QED) is 0.455. The van der Waals surface area contributed by atoms with Gasteiger partial charge in [-0.15, -0.1) is 4.40 Å². The fraction of sp³-hybridized carbons (Fsp3) is 0.261. The van der Waals surface area contributed by atoms with E-state index < -0.39 is 11.0 Å². The van der Waals surface area contributed by atoms with E-state index in [4.69, 9.17) is 10.5 Å². The van der Waals surface area contributed by atoms with Crippen molar-refractivity contribution in [1.82, 2.24) is 9.88 Å². The minimum Gasteiger partial charge on any atom is -0.491 e. The number of carbonyl (C=O) groups excluding carboxylic acids is 1. The summed E-state index contributed by atoms with van der Waals surface area (Å²) < 4.78 is 32.2. The molecule has 9 nitrogen and oxygen atoms in total. The van der Waals surface area contributed by atoms with Crippen molar-refractivity contribution in [3.63, 3.8) is 0 Å². The number of amides is 1. The van der Waals surface area contributed by atoms with Crippen LogP contribution < -0.4 is 15.2 Å². The van der Waals surface area contributed by atoms with E-state index in [9.17, 15) is 13.9 Å². The number of piperidine rings is 1. The van der Waals surface area contributed by atoms with Crippen LogP contribution in [0.2, 0.25) is 0 Å². The number of nitrogens with zero attached hydrogens (tertiary/aromatic N) is 3. The number of ether oxygens (including phenoxy) is 1. The third-order valence-corrected chi connectivity index (χ3v) is 6.90. The summed E-state index contributed by atoms with van der Waals surface area (Å²) >= 11 is 0. The van der Waals surface area contributed by atoms with Crippen molar-refractivity contribution in [3.8, 4) is 5.75 Å². The predicted octanol–water partition coefficient (Wildman–Crippen LogP) is 4.02. The molecule has 0 bridgehead atoms. The lowest BCUT2D eigenvalue weighted by atomic mass is 10.00. The van der Waals surface area contributed by atoms with Crippen LogP contribution in [0.5, 0.6) is 5.75 Å². The molecule has 5 N–H and O–H groups in total. The normalized spacial score (nSPS) is 20.4. The van der Waals surface area contributed by atoms with Gasteiger partial charge in [0.1, 0.15) is 12.4 Å². The van der Waals surface area contributed by atoms with Crippen LogP contribution in [0.25, 0.3) is 10.9 Å². The molecule has 0 saturated carbocycles. The number of pyridine rings is 1. The molecule has 0 radical (unpaired) electrons. The molecular formula is C23H25N5O4S. The SMILES string of the molecule is NC1=NS(O)(O)Nc2cccc(OC[C@H]3CCCCN3C(=O)c3ccnc4ccccc34)c21. The first-order chi connectivity index (χ1) is 15.9. The van der Waals surface area contributed by atoms with Gasteiger partial charge < -0.3 is 15.4 Å². The summed E-state index contributed by atoms with van der Waals surface area (Å²) in [7, 11) is -3.37. The van der Waals surface area contributed by atoms with Crippen molar-refractivity contribution >= 4 is 39.3 Å². The largest absolute Gasteiger partial charge is 0.491 e. The number of hydrogen-bond donors (Lipinski definition) is 4. The summed E-state index contributed by atoms with van der Waals surface area (Å²) in [5, 5.41) is 0.835. The molecule has 1 atom stereocenters. The van der Waals surface area contributed by atoms with Crippen LogP contribution in [0.1, 0.15) is 35.2 Å². The molecule has 2 aliphatic heterocycles. The molecular weight excluding hydrogens is 442 g/mol. The number of aromatic nitrogens is 1. The van der Waals surface area contributed by atoms with Gasteiger partial charge in [0, 0.05) is 18.1 Å². The van der Waals surface area contributed by atoms with Crippen molar-refractivity contribution in [2.45, 2.75) is 25.3 Å². The molecule has 1 aromatic heterocycles. The van der Waals surface area contributed by atoms with Crippen LogP contribution in [-0.4, -0.2) is 49.9 Å². The highest BCUT2D eigenvalue weighted by Gasteiger charge is 2.30. The van der Waals surface area contributed by atoms with E-state index in [0.29, 0.717) is 29.1 Å². The molecule has 0 unspecified atom stereocenters. The Labute approximate surface area is 192 Å². The van der Waals surface area contributed by atoms with E-state index in [1.807, 2.05) is 29.2 Å². The van der Waals surface area contributed by atoms with Crippen molar-refractivity contribution < 1.29 is 18.6 Å². The highest BCUT2D eigenvalue weighted by Crippen LogP contribution is 2.46. The lowest BCUT2D eigenvalue weighted by molar-refractivity contribution is 0.0530. The highest BCUT2D eigenvalue weighted by molar-refractivity contribution is 8.24. The maximum Gasteiger partial charge on any atom is 0.254 e. The maximum absolute atomic E-state index is 13.5. The van der Waals surface area contributed by atoms with E-state index in [1.54, 1.807) is 30.5 Å². The van der Waals surface area contributed by atoms with Crippen LogP contribution in [0.15, 0.2) is 59.1 Å². The molecule has 3 heterocycles. The van der Waals surface area contributed by atoms with Gasteiger partial charge in [0.15, 0.2) is 5.84 Å². The highest BCUT2D eigenvalue weighted by atomic mass is 32.3. The average Bonchev–Trinajstić information content (AvgIpc) is 2.81. The van der Waals surface area contributed by atoms with Gasteiger partial charge in [-0.25, -0.2) is 0 Å². The molecule has 2 aliphatic rings. The summed E-state index contributed by atoms with van der Waals surface area (Å²) in [4.78, 5) is 19.8. The number of nitrogens with two attached hydrogens (primary N) is 1. The second-order valence-electron chi connectivity index (χ2n) is 8.11. The molecule has 172 valence electrons. The molecule has 3 aromatic rings. The van der Waals surface area contributed by atoms with Gasteiger partial charge in [0.25, 0.3) is 5.91 Å². The van der Waals surface area contributed by atoms with Crippen LogP contribution in [0, 0.1) is 0 Å². The Morgan fingerprint density at radius 3 is 2.91 bits per heavy atom. The van der Waals surface area contributed by atoms with Gasteiger partial charge in [0.05, 0.1) is 28.4 Å². The number of carbonyl (C=O) groups is 1. The van der Waals surface area contributed by atoms with E-state index in [2.05, 4.69) is 14.1 Å². The Bertz CT molecular complexity index is 1240. The molecule has 1 fully saturated rings. The Hall–Kier alpha value is -3.34. The van der Waals surface area contributed by atoms with Gasteiger partial charge in [-0.3, -0.25) is 23.6 Å². The summed E-state index contributed by atoms with van der Waals surface area (Å²) in [6.07, 6.45) is 4.44. The smallest absolute Gasteiger partial charge is 0.254 e. The van der Waals surface area contributed by atoms with Crippen LogP contribution in [0.3, 0.4) is 0 Å². The Kier molecular flexibility index (Phi) is 5.57. The summed E-state index contributed by atoms with van der Waals surface area (Å²) in [5.74, 6) is 0.441. The van der Waals surface area contributed by atoms with Crippen molar-refractivity contribution in [3.05, 3.63) is 65.9 Å². The molecule has 2 aromatic carbocycles. The van der Waals surface area contributed by atoms with E-state index in [0.717, 1.165) is 30.2 Å². The number of benzene rings is 2. The van der Waals surface area contributed by atoms with Crippen LogP contribution in [-0.2, 0) is 0 Å². The number of nitrogens with one attached hydrogen (secondary N) is 1. The van der Waals surface area contributed by atoms with Gasteiger partial charge in [-0.1, -0.05) is 24.3 Å². The molecule has 5 rings (SSSR count). The van der Waals surface area contributed by atoms with Crippen LogP contribution >= 0.6 is 11.0 Å². The second-order valence-corrected chi connectivity index (χ2v) is 9.54. The fourth-order valence-corrected chi connectivity index (χ4v) is 5.29. The molecule has 10 heteroatoms. The van der Waals surface area contributed by atoms with Crippen molar-refractivity contribution in [1.29, 1.82) is 0 Å². The first-order valence-electron chi connectivity index (χ1n) is 10.8. The van der Waals surface area contributed by atoms with E-state index in [-0.39, 0.29) is 24.4 Å². The number of fused-ring (bicyclic) bond motifs is 2. The molecule has 1 saturated heterocycles. The Balaban J connectivity index is 1.39. The third kappa shape index (κ3) is 4.20. The average molecular weight is 468 g/mol. The fourth-order valence-electron chi connectivity index (χ4n) is 4.42. The van der Waals surface area contributed by atoms with Gasteiger partial charge in [-0.2, -0.15) is 0 Å². The Morgan fingerprint density at radius 1 is 1.18 bits per heavy atom. The van der Waals surface area contributed by atoms with Crippen LogP contribution in [0.4, 0.5) is 5.69 Å². The molecule has 0 spiro atoms. The third-order valence-electron chi connectivity index (χ3n) is 5.95. The summed E-state index contributed by atoms with van der Waals surface area (Å²) in [6, 6.07) is 14.5. The zero-order valence-electron chi connectivity index (χ0n) is 17.8. The van der Waals surface area contributed by atoms with Gasteiger partial charge >= 0.3 is 0 Å². The predicted molar refractivity (Wildman–Crippen MR) is 130 cm³/mol. The number of rotatable bonds is 4. The number of anilines is 1. The zero-order chi connectivity index (χ0) is 23.0. The van der Waals surface area contributed by atoms with Gasteiger partial charge in [-0.05, 0) is 54.5 Å². The van der Waals surface area contributed by atoms with Crippen molar-refractivity contribution in [2.75, 3.05) is 17.9 Å². The zero-order valence-corrected chi connectivity index (χ0v) is 18.7. The van der Waals surface area contributed by atoms with E-state index in [1.165, 1.54) is 0 Å². The first kappa shape index (κ1) is 21.5. The lowest BCUT2D eigenvalue weighted by Crippen LogP contribution is -2.46. The standard InChI is InChI=1S/C23H25N5O4S/c24-22-21-19(26-33(30,31)27-22)9-5-10-20(21)32-14-15-6-3-4-13-28(15)23(29)17-11-12-25-18-8-2-1-7-16(17)18/h1-2,5,7-12,15,26,30-31H,3-4,6,13-14H2,(H2,24,27)/t15-/m1/s1. The monoisotopic (exact) mass is 467 g/mol. The first-order valence-corrected chi connectivity index (χ1v) is 12.3. The minimum atomic E-state index is -3.37. The topological polar surface area (TPSA) is 133 Å². The number of para-hydroxylation sites is 1. The number of hydrogen-bond acceptors (Lipinski definition) is 8.